The van der Waals surface area contributed by atoms with Gasteiger partial charge in [-0.1, -0.05) is 6.92 Å². The molecule has 1 aromatic rings. The molecule has 0 aliphatic rings. The zero-order chi connectivity index (χ0) is 10.6. The molecule has 0 amide bonds. The van der Waals surface area contributed by atoms with E-state index in [2.05, 4.69) is 0 Å². The predicted molar refractivity (Wildman–Crippen MR) is 51.4 cm³/mol. The van der Waals surface area contributed by atoms with Crippen molar-refractivity contribution in [3.8, 4) is 0 Å². The Bertz CT molecular complexity index is 339. The number of carbonyl (C=O) groups is 1. The van der Waals surface area contributed by atoms with Crippen LogP contribution in [0.5, 0.6) is 0 Å². The molecule has 0 bridgehead atoms. The maximum absolute atomic E-state index is 13.1. The van der Waals surface area contributed by atoms with Gasteiger partial charge >= 0.3 is 5.97 Å². The molecule has 1 aromatic carbocycles. The smallest absolute Gasteiger partial charge is 0.341 e. The lowest BCUT2D eigenvalue weighted by atomic mass is 10.2. The quantitative estimate of drug-likeness (QED) is 0.595. The Hall–Kier alpha value is -1.58. The fraction of sp³-hybridized carbons (Fsp3) is 0.300. The molecule has 0 saturated heterocycles. The van der Waals surface area contributed by atoms with E-state index >= 15 is 0 Å². The summed E-state index contributed by atoms with van der Waals surface area (Å²) in [4.78, 5) is 11.2. The van der Waals surface area contributed by atoms with E-state index in [1.54, 1.807) is 0 Å². The topological polar surface area (TPSA) is 52.3 Å². The van der Waals surface area contributed by atoms with Crippen LogP contribution in [0.3, 0.4) is 0 Å². The van der Waals surface area contributed by atoms with Crippen molar-refractivity contribution in [1.82, 2.24) is 0 Å². The van der Waals surface area contributed by atoms with Crippen molar-refractivity contribution in [2.45, 2.75) is 13.3 Å². The predicted octanol–water partition coefficient (Wildman–Crippen LogP) is 1.97. The Morgan fingerprint density at radius 2 is 2.29 bits per heavy atom. The number of hydrogen-bond donors (Lipinski definition) is 1. The second kappa shape index (κ2) is 4.60. The van der Waals surface area contributed by atoms with Gasteiger partial charge in [0.25, 0.3) is 0 Å². The first-order valence-corrected chi connectivity index (χ1v) is 4.37. The second-order valence-electron chi connectivity index (χ2n) is 2.88. The van der Waals surface area contributed by atoms with E-state index in [-0.39, 0.29) is 11.3 Å². The lowest BCUT2D eigenvalue weighted by molar-refractivity contribution is 0.0500. The molecule has 0 fully saturated rings. The standard InChI is InChI=1S/C10H12FNO2/c1-2-5-14-10(13)8-4-3-7(12)6-9(8)11/h3-4,6H,2,5,12H2,1H3. The number of benzene rings is 1. The molecule has 1 rings (SSSR count). The number of esters is 1. The molecule has 0 aliphatic heterocycles. The van der Waals surface area contributed by atoms with Crippen LogP contribution in [0.15, 0.2) is 18.2 Å². The van der Waals surface area contributed by atoms with Gasteiger partial charge in [-0.15, -0.1) is 0 Å². The lowest BCUT2D eigenvalue weighted by Gasteiger charge is -2.04. The molecule has 0 heterocycles. The monoisotopic (exact) mass is 197 g/mol. The van der Waals surface area contributed by atoms with Crippen LogP contribution in [0, 0.1) is 5.82 Å². The van der Waals surface area contributed by atoms with E-state index < -0.39 is 11.8 Å². The number of nitrogens with two attached hydrogens (primary N) is 1. The first kappa shape index (κ1) is 10.5. The summed E-state index contributed by atoms with van der Waals surface area (Å²) in [6.45, 7) is 2.16. The maximum atomic E-state index is 13.1. The van der Waals surface area contributed by atoms with Crippen LogP contribution >= 0.6 is 0 Å². The van der Waals surface area contributed by atoms with Crippen molar-refractivity contribution in [2.75, 3.05) is 12.3 Å². The lowest BCUT2D eigenvalue weighted by Crippen LogP contribution is -2.08. The Kier molecular flexibility index (Phi) is 3.45. The SMILES string of the molecule is CCCOC(=O)c1ccc(N)cc1F. The second-order valence-corrected chi connectivity index (χ2v) is 2.88. The number of anilines is 1. The molecule has 4 heteroatoms. The molecule has 0 aromatic heterocycles. The van der Waals surface area contributed by atoms with Crippen molar-refractivity contribution in [3.63, 3.8) is 0 Å². The van der Waals surface area contributed by atoms with Gasteiger partial charge in [-0.3, -0.25) is 0 Å². The third-order valence-electron chi connectivity index (χ3n) is 1.65. The van der Waals surface area contributed by atoms with Gasteiger partial charge in [0, 0.05) is 5.69 Å². The van der Waals surface area contributed by atoms with Gasteiger partial charge in [0.05, 0.1) is 12.2 Å². The van der Waals surface area contributed by atoms with Crippen LogP contribution in [0.4, 0.5) is 10.1 Å². The molecule has 0 saturated carbocycles. The van der Waals surface area contributed by atoms with Gasteiger partial charge in [-0.25, -0.2) is 9.18 Å². The number of hydrogen-bond acceptors (Lipinski definition) is 3. The molecule has 0 radical (unpaired) electrons. The van der Waals surface area contributed by atoms with E-state index in [0.717, 1.165) is 6.07 Å². The van der Waals surface area contributed by atoms with Gasteiger partial charge in [-0.05, 0) is 24.6 Å². The highest BCUT2D eigenvalue weighted by Gasteiger charge is 2.12. The zero-order valence-electron chi connectivity index (χ0n) is 7.92. The molecule has 0 spiro atoms. The molecule has 0 aliphatic carbocycles. The third-order valence-corrected chi connectivity index (χ3v) is 1.65. The third kappa shape index (κ3) is 2.45. The van der Waals surface area contributed by atoms with Gasteiger partial charge in [0.15, 0.2) is 0 Å². The van der Waals surface area contributed by atoms with E-state index in [9.17, 15) is 9.18 Å². The summed E-state index contributed by atoms with van der Waals surface area (Å²) >= 11 is 0. The summed E-state index contributed by atoms with van der Waals surface area (Å²) in [5.74, 6) is -1.30. The highest BCUT2D eigenvalue weighted by Crippen LogP contribution is 2.12. The highest BCUT2D eigenvalue weighted by molar-refractivity contribution is 5.90. The molecule has 14 heavy (non-hydrogen) atoms. The maximum Gasteiger partial charge on any atom is 0.341 e. The molecule has 2 N–H and O–H groups in total. The van der Waals surface area contributed by atoms with Crippen LogP contribution in [0.1, 0.15) is 23.7 Å². The average Bonchev–Trinajstić information content (AvgIpc) is 2.14. The summed E-state index contributed by atoms with van der Waals surface area (Å²) in [6, 6.07) is 3.89. The van der Waals surface area contributed by atoms with Crippen molar-refractivity contribution in [1.29, 1.82) is 0 Å². The summed E-state index contributed by atoms with van der Waals surface area (Å²) in [7, 11) is 0. The normalized spacial score (nSPS) is 9.86. The van der Waals surface area contributed by atoms with Crippen LogP contribution in [-0.2, 0) is 4.74 Å². The first-order valence-electron chi connectivity index (χ1n) is 4.37. The number of nitrogen functional groups attached to an aromatic ring is 1. The van der Waals surface area contributed by atoms with Crippen molar-refractivity contribution >= 4 is 11.7 Å². The van der Waals surface area contributed by atoms with Crippen LogP contribution in [0.25, 0.3) is 0 Å². The number of rotatable bonds is 3. The minimum absolute atomic E-state index is 0.0762. The fourth-order valence-corrected chi connectivity index (χ4v) is 0.969. The Morgan fingerprint density at radius 1 is 1.57 bits per heavy atom. The molecular formula is C10H12FNO2. The number of ether oxygens (including phenoxy) is 1. The first-order chi connectivity index (χ1) is 6.65. The van der Waals surface area contributed by atoms with E-state index in [1.807, 2.05) is 6.92 Å². The Balaban J connectivity index is 2.80. The Labute approximate surface area is 81.7 Å². The van der Waals surface area contributed by atoms with Gasteiger partial charge in [0.1, 0.15) is 5.82 Å². The summed E-state index contributed by atoms with van der Waals surface area (Å²) in [6.07, 6.45) is 0.711. The van der Waals surface area contributed by atoms with Crippen molar-refractivity contribution in [3.05, 3.63) is 29.6 Å². The van der Waals surface area contributed by atoms with Crippen LogP contribution in [0.2, 0.25) is 0 Å². The zero-order valence-corrected chi connectivity index (χ0v) is 7.92. The largest absolute Gasteiger partial charge is 0.462 e. The number of carbonyl (C=O) groups excluding carboxylic acids is 1. The fourth-order valence-electron chi connectivity index (χ4n) is 0.969. The molecular weight excluding hydrogens is 185 g/mol. The van der Waals surface area contributed by atoms with Crippen LogP contribution in [-0.4, -0.2) is 12.6 Å². The van der Waals surface area contributed by atoms with Crippen LogP contribution < -0.4 is 5.73 Å². The molecule has 0 atom stereocenters. The van der Waals surface area contributed by atoms with Crippen molar-refractivity contribution in [2.24, 2.45) is 0 Å². The average molecular weight is 197 g/mol. The highest BCUT2D eigenvalue weighted by atomic mass is 19.1. The molecule has 0 unspecified atom stereocenters. The minimum atomic E-state index is -0.649. The van der Waals surface area contributed by atoms with Gasteiger partial charge in [-0.2, -0.15) is 0 Å². The van der Waals surface area contributed by atoms with E-state index in [4.69, 9.17) is 10.5 Å². The minimum Gasteiger partial charge on any atom is -0.462 e. The van der Waals surface area contributed by atoms with E-state index in [1.165, 1.54) is 12.1 Å². The molecule has 3 nitrogen and oxygen atoms in total. The van der Waals surface area contributed by atoms with Gasteiger partial charge < -0.3 is 10.5 Å². The summed E-state index contributed by atoms with van der Waals surface area (Å²) < 4.78 is 17.9. The van der Waals surface area contributed by atoms with Crippen molar-refractivity contribution < 1.29 is 13.9 Å². The summed E-state index contributed by atoms with van der Waals surface area (Å²) in [5.41, 5.74) is 5.55. The van der Waals surface area contributed by atoms with E-state index in [0.29, 0.717) is 13.0 Å². The Morgan fingerprint density at radius 3 is 2.86 bits per heavy atom. The molecule has 76 valence electrons. The summed E-state index contributed by atoms with van der Waals surface area (Å²) in [5, 5.41) is 0. The number of halogens is 1. The van der Waals surface area contributed by atoms with Gasteiger partial charge in [0.2, 0.25) is 0 Å².